The molecule has 0 radical (unpaired) electrons. The number of pyridine rings is 1. The molecule has 0 spiro atoms. The number of rotatable bonds is 4. The van der Waals surface area contributed by atoms with Crippen molar-refractivity contribution in [3.63, 3.8) is 0 Å². The highest BCUT2D eigenvalue weighted by atomic mass is 16.1. The Labute approximate surface area is 121 Å². The van der Waals surface area contributed by atoms with Gasteiger partial charge < -0.3 is 10.6 Å². The van der Waals surface area contributed by atoms with Gasteiger partial charge in [0.25, 0.3) is 5.91 Å². The van der Waals surface area contributed by atoms with E-state index in [1.807, 2.05) is 26.0 Å². The van der Waals surface area contributed by atoms with Crippen LogP contribution in [0.25, 0.3) is 0 Å². The Morgan fingerprint density at radius 2 is 1.95 bits per heavy atom. The first-order valence-electron chi connectivity index (χ1n) is 7.69. The van der Waals surface area contributed by atoms with Crippen molar-refractivity contribution in [2.45, 2.75) is 64.5 Å². The molecular formula is C16H25N3O. The van der Waals surface area contributed by atoms with Gasteiger partial charge in [0.2, 0.25) is 0 Å². The Bertz CT molecular complexity index is 437. The Balaban J connectivity index is 2.04. The number of anilines is 1. The number of hydrogen-bond donors (Lipinski definition) is 2. The van der Waals surface area contributed by atoms with Crippen LogP contribution >= 0.6 is 0 Å². The number of nitrogens with zero attached hydrogens (tertiary/aromatic N) is 1. The first-order valence-corrected chi connectivity index (χ1v) is 7.69. The molecule has 1 aliphatic rings. The SMILES string of the molecule is CC(C)Nc1ncccc1C(=O)NC1CCCCCC1. The van der Waals surface area contributed by atoms with Crippen LogP contribution in [0.5, 0.6) is 0 Å². The molecule has 20 heavy (non-hydrogen) atoms. The fraction of sp³-hybridized carbons (Fsp3) is 0.625. The third-order valence-corrected chi connectivity index (χ3v) is 3.67. The van der Waals surface area contributed by atoms with E-state index >= 15 is 0 Å². The maximum atomic E-state index is 12.4. The minimum atomic E-state index is -0.00634. The minimum Gasteiger partial charge on any atom is -0.367 e. The molecule has 0 aliphatic heterocycles. The molecule has 0 unspecified atom stereocenters. The molecule has 2 N–H and O–H groups in total. The Morgan fingerprint density at radius 3 is 2.60 bits per heavy atom. The maximum absolute atomic E-state index is 12.4. The largest absolute Gasteiger partial charge is 0.367 e. The summed E-state index contributed by atoms with van der Waals surface area (Å²) in [4.78, 5) is 16.7. The van der Waals surface area contributed by atoms with Crippen molar-refractivity contribution in [1.82, 2.24) is 10.3 Å². The van der Waals surface area contributed by atoms with E-state index in [0.717, 1.165) is 12.8 Å². The van der Waals surface area contributed by atoms with Crippen molar-refractivity contribution in [1.29, 1.82) is 0 Å². The van der Waals surface area contributed by atoms with Gasteiger partial charge in [0.1, 0.15) is 5.82 Å². The summed E-state index contributed by atoms with van der Waals surface area (Å²) in [6.07, 6.45) is 8.92. The van der Waals surface area contributed by atoms with Crippen molar-refractivity contribution in [2.24, 2.45) is 0 Å². The summed E-state index contributed by atoms with van der Waals surface area (Å²) in [5.41, 5.74) is 0.644. The number of amides is 1. The highest BCUT2D eigenvalue weighted by Gasteiger charge is 2.18. The summed E-state index contributed by atoms with van der Waals surface area (Å²) in [7, 11) is 0. The summed E-state index contributed by atoms with van der Waals surface area (Å²) >= 11 is 0. The average molecular weight is 275 g/mol. The first kappa shape index (κ1) is 14.8. The van der Waals surface area contributed by atoms with Crippen molar-refractivity contribution in [2.75, 3.05) is 5.32 Å². The standard InChI is InChI=1S/C16H25N3O/c1-12(2)18-15-14(10-7-11-17-15)16(20)19-13-8-5-3-4-6-9-13/h7,10-13H,3-6,8-9H2,1-2H3,(H,17,18)(H,19,20). The van der Waals surface area contributed by atoms with E-state index in [9.17, 15) is 4.79 Å². The Hall–Kier alpha value is -1.58. The van der Waals surface area contributed by atoms with Gasteiger partial charge in [0.05, 0.1) is 5.56 Å². The minimum absolute atomic E-state index is 0.00634. The van der Waals surface area contributed by atoms with Gasteiger partial charge >= 0.3 is 0 Å². The van der Waals surface area contributed by atoms with Crippen molar-refractivity contribution in [3.05, 3.63) is 23.9 Å². The van der Waals surface area contributed by atoms with Crippen LogP contribution in [-0.4, -0.2) is 23.0 Å². The molecule has 2 rings (SSSR count). The predicted molar refractivity (Wildman–Crippen MR) is 82.0 cm³/mol. The third kappa shape index (κ3) is 4.22. The van der Waals surface area contributed by atoms with Gasteiger partial charge in [-0.25, -0.2) is 4.98 Å². The molecule has 4 heteroatoms. The second kappa shape index (κ2) is 7.27. The molecule has 0 atom stereocenters. The van der Waals surface area contributed by atoms with Crippen LogP contribution in [0.2, 0.25) is 0 Å². The second-order valence-corrected chi connectivity index (χ2v) is 5.86. The Kier molecular flexibility index (Phi) is 5.39. The molecule has 1 aliphatic carbocycles. The molecule has 0 bridgehead atoms. The van der Waals surface area contributed by atoms with Gasteiger partial charge in [-0.2, -0.15) is 0 Å². The summed E-state index contributed by atoms with van der Waals surface area (Å²) in [5.74, 6) is 0.668. The van der Waals surface area contributed by atoms with E-state index in [-0.39, 0.29) is 11.9 Å². The molecule has 1 aromatic rings. The van der Waals surface area contributed by atoms with E-state index < -0.39 is 0 Å². The lowest BCUT2D eigenvalue weighted by molar-refractivity contribution is 0.0934. The van der Waals surface area contributed by atoms with E-state index in [0.29, 0.717) is 17.4 Å². The summed E-state index contributed by atoms with van der Waals surface area (Å²) in [6, 6.07) is 4.23. The molecule has 0 aromatic carbocycles. The molecule has 4 nitrogen and oxygen atoms in total. The number of carbonyl (C=O) groups excluding carboxylic acids is 1. The van der Waals surface area contributed by atoms with E-state index in [1.54, 1.807) is 6.20 Å². The maximum Gasteiger partial charge on any atom is 0.255 e. The van der Waals surface area contributed by atoms with Gasteiger partial charge in [-0.1, -0.05) is 25.7 Å². The quantitative estimate of drug-likeness (QED) is 0.828. The van der Waals surface area contributed by atoms with Gasteiger partial charge in [-0.05, 0) is 38.8 Å². The fourth-order valence-electron chi connectivity index (χ4n) is 2.66. The lowest BCUT2D eigenvalue weighted by Crippen LogP contribution is -2.35. The number of aromatic nitrogens is 1. The first-order chi connectivity index (χ1) is 9.66. The highest BCUT2D eigenvalue weighted by molar-refractivity contribution is 5.98. The number of carbonyl (C=O) groups is 1. The fourth-order valence-corrected chi connectivity index (χ4v) is 2.66. The Morgan fingerprint density at radius 1 is 1.25 bits per heavy atom. The zero-order chi connectivity index (χ0) is 14.4. The van der Waals surface area contributed by atoms with Gasteiger partial charge in [-0.15, -0.1) is 0 Å². The van der Waals surface area contributed by atoms with Crippen LogP contribution in [0.4, 0.5) is 5.82 Å². The van der Waals surface area contributed by atoms with Gasteiger partial charge in [0.15, 0.2) is 0 Å². The van der Waals surface area contributed by atoms with Crippen LogP contribution in [-0.2, 0) is 0 Å². The normalized spacial score (nSPS) is 16.8. The van der Waals surface area contributed by atoms with E-state index in [2.05, 4.69) is 15.6 Å². The monoisotopic (exact) mass is 275 g/mol. The molecule has 0 saturated heterocycles. The van der Waals surface area contributed by atoms with Crippen molar-refractivity contribution in [3.8, 4) is 0 Å². The zero-order valence-electron chi connectivity index (χ0n) is 12.5. The van der Waals surface area contributed by atoms with Crippen LogP contribution < -0.4 is 10.6 Å². The van der Waals surface area contributed by atoms with Gasteiger partial charge in [-0.3, -0.25) is 4.79 Å². The van der Waals surface area contributed by atoms with Crippen molar-refractivity contribution >= 4 is 11.7 Å². The summed E-state index contributed by atoms with van der Waals surface area (Å²) in [5, 5.41) is 6.40. The zero-order valence-corrected chi connectivity index (χ0v) is 12.5. The van der Waals surface area contributed by atoms with Crippen LogP contribution in [0, 0.1) is 0 Å². The molecule has 1 heterocycles. The number of nitrogens with one attached hydrogen (secondary N) is 2. The smallest absolute Gasteiger partial charge is 0.255 e. The molecule has 1 saturated carbocycles. The predicted octanol–water partition coefficient (Wildman–Crippen LogP) is 3.35. The molecule has 1 amide bonds. The lowest BCUT2D eigenvalue weighted by atomic mass is 10.1. The topological polar surface area (TPSA) is 54.0 Å². The molecule has 1 aromatic heterocycles. The van der Waals surface area contributed by atoms with Crippen LogP contribution in [0.3, 0.4) is 0 Å². The van der Waals surface area contributed by atoms with E-state index in [4.69, 9.17) is 0 Å². The molecule has 110 valence electrons. The summed E-state index contributed by atoms with van der Waals surface area (Å²) in [6.45, 7) is 4.09. The number of hydrogen-bond acceptors (Lipinski definition) is 3. The average Bonchev–Trinajstić information content (AvgIpc) is 2.67. The third-order valence-electron chi connectivity index (χ3n) is 3.67. The second-order valence-electron chi connectivity index (χ2n) is 5.86. The summed E-state index contributed by atoms with van der Waals surface area (Å²) < 4.78 is 0. The van der Waals surface area contributed by atoms with Crippen LogP contribution in [0.1, 0.15) is 62.7 Å². The molecule has 1 fully saturated rings. The lowest BCUT2D eigenvalue weighted by Gasteiger charge is -2.18. The van der Waals surface area contributed by atoms with E-state index in [1.165, 1.54) is 25.7 Å². The van der Waals surface area contributed by atoms with Crippen LogP contribution in [0.15, 0.2) is 18.3 Å². The highest BCUT2D eigenvalue weighted by Crippen LogP contribution is 2.19. The van der Waals surface area contributed by atoms with Gasteiger partial charge in [0, 0.05) is 18.3 Å². The molecular weight excluding hydrogens is 250 g/mol. The van der Waals surface area contributed by atoms with Crippen molar-refractivity contribution < 1.29 is 4.79 Å².